The highest BCUT2D eigenvalue weighted by Gasteiger charge is 2.17. The maximum atomic E-state index is 12.4. The van der Waals surface area contributed by atoms with E-state index in [-0.39, 0.29) is 5.91 Å². The van der Waals surface area contributed by atoms with E-state index in [1.54, 1.807) is 18.2 Å². The van der Waals surface area contributed by atoms with E-state index in [0.29, 0.717) is 23.6 Å². The van der Waals surface area contributed by atoms with Crippen LogP contribution in [-0.2, 0) is 6.42 Å². The summed E-state index contributed by atoms with van der Waals surface area (Å²) < 4.78 is 10.5. The molecule has 2 rings (SSSR count). The van der Waals surface area contributed by atoms with E-state index in [9.17, 15) is 4.79 Å². The molecule has 2 aromatic carbocycles. The molecule has 1 amide bonds. The number of aryl methyl sites for hydroxylation is 1. The van der Waals surface area contributed by atoms with Crippen molar-refractivity contribution in [1.29, 1.82) is 0 Å². The van der Waals surface area contributed by atoms with E-state index in [4.69, 9.17) is 15.2 Å². The molecule has 0 aliphatic heterocycles. The molecule has 0 aliphatic carbocycles. The summed E-state index contributed by atoms with van der Waals surface area (Å²) in [7, 11) is 3.07. The minimum Gasteiger partial charge on any atom is -0.496 e. The number of hydrogen-bond acceptors (Lipinski definition) is 4. The average Bonchev–Trinajstić information content (AvgIpc) is 2.59. The van der Waals surface area contributed by atoms with Gasteiger partial charge in [0.05, 0.1) is 14.2 Å². The number of carbonyl (C=O) groups is 1. The van der Waals surface area contributed by atoms with E-state index in [1.807, 2.05) is 24.3 Å². The molecular formula is C18H22N2O3. The molecule has 5 heteroatoms. The molecule has 0 aromatic heterocycles. The molecule has 0 atom stereocenters. The van der Waals surface area contributed by atoms with Gasteiger partial charge in [0.2, 0.25) is 0 Å². The van der Waals surface area contributed by atoms with Crippen LogP contribution in [0.4, 0.5) is 5.69 Å². The van der Waals surface area contributed by atoms with Crippen molar-refractivity contribution in [1.82, 2.24) is 5.32 Å². The van der Waals surface area contributed by atoms with Crippen LogP contribution in [0.15, 0.2) is 42.5 Å². The molecule has 2 aromatic rings. The molecule has 0 radical (unpaired) electrons. The minimum atomic E-state index is -0.198. The number of hydrogen-bond donors (Lipinski definition) is 2. The molecule has 0 unspecified atom stereocenters. The van der Waals surface area contributed by atoms with Crippen LogP contribution in [0.3, 0.4) is 0 Å². The zero-order valence-electron chi connectivity index (χ0n) is 13.5. The van der Waals surface area contributed by atoms with Crippen molar-refractivity contribution in [2.24, 2.45) is 0 Å². The van der Waals surface area contributed by atoms with E-state index in [0.717, 1.165) is 18.5 Å². The van der Waals surface area contributed by atoms with E-state index < -0.39 is 0 Å². The molecule has 0 saturated heterocycles. The molecule has 0 spiro atoms. The van der Waals surface area contributed by atoms with Gasteiger partial charge in [-0.1, -0.05) is 18.2 Å². The zero-order valence-corrected chi connectivity index (χ0v) is 13.5. The number of amides is 1. The first-order valence-electron chi connectivity index (χ1n) is 7.49. The number of methoxy groups -OCH3 is 2. The number of benzene rings is 2. The maximum Gasteiger partial charge on any atom is 0.258 e. The van der Waals surface area contributed by atoms with Crippen LogP contribution in [0.5, 0.6) is 11.5 Å². The lowest BCUT2D eigenvalue weighted by Crippen LogP contribution is -2.25. The Hall–Kier alpha value is -2.69. The first kappa shape index (κ1) is 16.7. The van der Waals surface area contributed by atoms with Crippen LogP contribution >= 0.6 is 0 Å². The highest BCUT2D eigenvalue weighted by Crippen LogP contribution is 2.27. The van der Waals surface area contributed by atoms with Crippen molar-refractivity contribution in [2.75, 3.05) is 26.5 Å². The summed E-state index contributed by atoms with van der Waals surface area (Å²) in [6, 6.07) is 13.0. The Morgan fingerprint density at radius 1 is 1.04 bits per heavy atom. The lowest BCUT2D eigenvalue weighted by Gasteiger charge is -2.13. The van der Waals surface area contributed by atoms with Crippen LogP contribution in [0, 0.1) is 0 Å². The quantitative estimate of drug-likeness (QED) is 0.608. The van der Waals surface area contributed by atoms with Crippen molar-refractivity contribution in [3.63, 3.8) is 0 Å². The summed E-state index contributed by atoms with van der Waals surface area (Å²) >= 11 is 0. The second-order valence-corrected chi connectivity index (χ2v) is 5.14. The number of anilines is 1. The Morgan fingerprint density at radius 3 is 2.22 bits per heavy atom. The van der Waals surface area contributed by atoms with Crippen molar-refractivity contribution in [3.05, 3.63) is 53.6 Å². The van der Waals surface area contributed by atoms with Crippen molar-refractivity contribution < 1.29 is 14.3 Å². The van der Waals surface area contributed by atoms with E-state index >= 15 is 0 Å². The first-order valence-corrected chi connectivity index (χ1v) is 7.49. The van der Waals surface area contributed by atoms with Gasteiger partial charge in [-0.3, -0.25) is 4.79 Å². The standard InChI is InChI=1S/C18H22N2O3/c1-22-15-6-3-7-16(23-2)17(15)18(21)20-12-4-5-13-8-10-14(19)11-9-13/h3,6-11H,4-5,12,19H2,1-2H3,(H,20,21). The molecule has 0 aliphatic rings. The molecule has 23 heavy (non-hydrogen) atoms. The van der Waals surface area contributed by atoms with Gasteiger partial charge in [0.25, 0.3) is 5.91 Å². The summed E-state index contributed by atoms with van der Waals surface area (Å²) in [4.78, 5) is 12.4. The lowest BCUT2D eigenvalue weighted by atomic mass is 10.1. The van der Waals surface area contributed by atoms with Gasteiger partial charge >= 0.3 is 0 Å². The lowest BCUT2D eigenvalue weighted by molar-refractivity contribution is 0.0947. The summed E-state index contributed by atoms with van der Waals surface area (Å²) in [5.74, 6) is 0.803. The molecule has 0 bridgehead atoms. The summed E-state index contributed by atoms with van der Waals surface area (Å²) in [5.41, 5.74) is 8.03. The molecule has 0 saturated carbocycles. The topological polar surface area (TPSA) is 73.6 Å². The Bertz CT molecular complexity index is 632. The van der Waals surface area contributed by atoms with E-state index in [1.165, 1.54) is 19.8 Å². The average molecular weight is 314 g/mol. The third-order valence-electron chi connectivity index (χ3n) is 3.56. The number of carbonyl (C=O) groups excluding carboxylic acids is 1. The Balaban J connectivity index is 1.91. The Labute approximate surface area is 136 Å². The van der Waals surface area contributed by atoms with Crippen LogP contribution in [-0.4, -0.2) is 26.7 Å². The third-order valence-corrected chi connectivity index (χ3v) is 3.56. The zero-order chi connectivity index (χ0) is 16.7. The van der Waals surface area contributed by atoms with Crippen LogP contribution in [0.25, 0.3) is 0 Å². The van der Waals surface area contributed by atoms with Crippen molar-refractivity contribution in [2.45, 2.75) is 12.8 Å². The summed E-state index contributed by atoms with van der Waals surface area (Å²) in [6.07, 6.45) is 1.72. The van der Waals surface area contributed by atoms with Crippen LogP contribution in [0.1, 0.15) is 22.3 Å². The second-order valence-electron chi connectivity index (χ2n) is 5.14. The smallest absolute Gasteiger partial charge is 0.258 e. The molecule has 5 nitrogen and oxygen atoms in total. The monoisotopic (exact) mass is 314 g/mol. The number of nitrogen functional groups attached to an aromatic ring is 1. The predicted molar refractivity (Wildman–Crippen MR) is 91.1 cm³/mol. The minimum absolute atomic E-state index is 0.198. The number of nitrogens with two attached hydrogens (primary N) is 1. The Kier molecular flexibility index (Phi) is 5.86. The fourth-order valence-corrected chi connectivity index (χ4v) is 2.34. The molecule has 3 N–H and O–H groups in total. The normalized spacial score (nSPS) is 10.2. The van der Waals surface area contributed by atoms with Crippen molar-refractivity contribution in [3.8, 4) is 11.5 Å². The van der Waals surface area contributed by atoms with Gasteiger partial charge in [0.15, 0.2) is 0 Å². The van der Waals surface area contributed by atoms with Gasteiger partial charge in [0.1, 0.15) is 17.1 Å². The molecular weight excluding hydrogens is 292 g/mol. The molecule has 0 fully saturated rings. The molecule has 122 valence electrons. The van der Waals surface area contributed by atoms with Crippen molar-refractivity contribution >= 4 is 11.6 Å². The summed E-state index contributed by atoms with van der Waals surface area (Å²) in [6.45, 7) is 0.574. The van der Waals surface area contributed by atoms with Gasteiger partial charge in [-0.25, -0.2) is 0 Å². The maximum absolute atomic E-state index is 12.4. The number of ether oxygens (including phenoxy) is 2. The second kappa shape index (κ2) is 8.08. The van der Waals surface area contributed by atoms with Gasteiger partial charge in [-0.05, 0) is 42.7 Å². The highest BCUT2D eigenvalue weighted by atomic mass is 16.5. The highest BCUT2D eigenvalue weighted by molar-refractivity contribution is 5.99. The van der Waals surface area contributed by atoms with Gasteiger partial charge in [0, 0.05) is 12.2 Å². The van der Waals surface area contributed by atoms with E-state index in [2.05, 4.69) is 5.32 Å². The number of nitrogens with one attached hydrogen (secondary N) is 1. The van der Waals surface area contributed by atoms with Gasteiger partial charge < -0.3 is 20.5 Å². The fraction of sp³-hybridized carbons (Fsp3) is 0.278. The number of rotatable bonds is 7. The predicted octanol–water partition coefficient (Wildman–Crippen LogP) is 2.65. The first-order chi connectivity index (χ1) is 11.2. The summed E-state index contributed by atoms with van der Waals surface area (Å²) in [5, 5.41) is 2.91. The third kappa shape index (κ3) is 4.39. The fourth-order valence-electron chi connectivity index (χ4n) is 2.34. The van der Waals surface area contributed by atoms with Gasteiger partial charge in [-0.15, -0.1) is 0 Å². The molecule has 0 heterocycles. The van der Waals surface area contributed by atoms with Crippen LogP contribution in [0.2, 0.25) is 0 Å². The Morgan fingerprint density at radius 2 is 1.65 bits per heavy atom. The SMILES string of the molecule is COc1cccc(OC)c1C(=O)NCCCc1ccc(N)cc1. The largest absolute Gasteiger partial charge is 0.496 e. The van der Waals surface area contributed by atoms with Crippen LogP contribution < -0.4 is 20.5 Å². The van der Waals surface area contributed by atoms with Gasteiger partial charge in [-0.2, -0.15) is 0 Å².